The summed E-state index contributed by atoms with van der Waals surface area (Å²) in [6, 6.07) is 5.06. The summed E-state index contributed by atoms with van der Waals surface area (Å²) < 4.78 is 15.7. The Morgan fingerprint density at radius 3 is 2.60 bits per heavy atom. The Morgan fingerprint density at radius 2 is 1.95 bits per heavy atom. The van der Waals surface area contributed by atoms with E-state index in [1.807, 2.05) is 0 Å². The molecule has 0 amide bonds. The molecule has 110 valence electrons. The van der Waals surface area contributed by atoms with Gasteiger partial charge < -0.3 is 14.2 Å². The predicted octanol–water partition coefficient (Wildman–Crippen LogP) is 1.96. The Morgan fingerprint density at radius 1 is 1.20 bits per heavy atom. The van der Waals surface area contributed by atoms with Gasteiger partial charge in [-0.15, -0.1) is 0 Å². The molecule has 0 bridgehead atoms. The molecule has 0 radical (unpaired) electrons. The van der Waals surface area contributed by atoms with Crippen molar-refractivity contribution in [1.82, 2.24) is 4.90 Å². The molecule has 1 aromatic carbocycles. The standard InChI is InChI=1S/C15H21NO4/c1-18-14-11-12(15(17)19-2)5-6-13(14)20-10-9-16-7-3-4-8-16/h5-6,11H,3-4,7-10H2,1-2H3. The second-order valence-corrected chi connectivity index (χ2v) is 4.75. The zero-order valence-electron chi connectivity index (χ0n) is 12.1. The van der Waals surface area contributed by atoms with Crippen molar-refractivity contribution in [1.29, 1.82) is 0 Å². The molecule has 5 nitrogen and oxygen atoms in total. The molecule has 1 fully saturated rings. The van der Waals surface area contributed by atoms with Crippen molar-refractivity contribution in [3.8, 4) is 11.5 Å². The molecule has 0 saturated carbocycles. The van der Waals surface area contributed by atoms with E-state index in [1.165, 1.54) is 20.0 Å². The zero-order chi connectivity index (χ0) is 14.4. The third-order valence-electron chi connectivity index (χ3n) is 3.45. The van der Waals surface area contributed by atoms with E-state index in [1.54, 1.807) is 25.3 Å². The highest BCUT2D eigenvalue weighted by atomic mass is 16.5. The molecule has 0 N–H and O–H groups in total. The summed E-state index contributed by atoms with van der Waals surface area (Å²) in [7, 11) is 2.92. The van der Waals surface area contributed by atoms with Crippen molar-refractivity contribution in [2.45, 2.75) is 12.8 Å². The molecule has 2 rings (SSSR count). The molecule has 1 aliphatic heterocycles. The topological polar surface area (TPSA) is 48.0 Å². The van der Waals surface area contributed by atoms with Crippen LogP contribution in [0.4, 0.5) is 0 Å². The van der Waals surface area contributed by atoms with Crippen molar-refractivity contribution in [2.75, 3.05) is 40.5 Å². The lowest BCUT2D eigenvalue weighted by molar-refractivity contribution is 0.0600. The van der Waals surface area contributed by atoms with Gasteiger partial charge >= 0.3 is 5.97 Å². The van der Waals surface area contributed by atoms with Crippen LogP contribution in [0, 0.1) is 0 Å². The summed E-state index contributed by atoms with van der Waals surface area (Å²) in [6.07, 6.45) is 2.55. The number of carbonyl (C=O) groups is 1. The van der Waals surface area contributed by atoms with Crippen LogP contribution in [0.15, 0.2) is 18.2 Å². The second kappa shape index (κ2) is 7.14. The maximum absolute atomic E-state index is 11.5. The largest absolute Gasteiger partial charge is 0.493 e. The van der Waals surface area contributed by atoms with Gasteiger partial charge in [0, 0.05) is 6.54 Å². The van der Waals surface area contributed by atoms with Crippen molar-refractivity contribution in [3.63, 3.8) is 0 Å². The Labute approximate surface area is 119 Å². The number of hydrogen-bond acceptors (Lipinski definition) is 5. The summed E-state index contributed by atoms with van der Waals surface area (Å²) in [6.45, 7) is 3.85. The molecule has 1 saturated heterocycles. The van der Waals surface area contributed by atoms with Gasteiger partial charge in [-0.05, 0) is 44.1 Å². The van der Waals surface area contributed by atoms with Crippen molar-refractivity contribution in [2.24, 2.45) is 0 Å². The minimum Gasteiger partial charge on any atom is -0.493 e. The number of nitrogens with zero attached hydrogens (tertiary/aromatic N) is 1. The Bertz CT molecular complexity index is 455. The number of ether oxygens (including phenoxy) is 3. The number of benzene rings is 1. The first-order valence-corrected chi connectivity index (χ1v) is 6.86. The van der Waals surface area contributed by atoms with Crippen LogP contribution >= 0.6 is 0 Å². The number of methoxy groups -OCH3 is 2. The van der Waals surface area contributed by atoms with Crippen LogP contribution in [0.3, 0.4) is 0 Å². The molecule has 1 heterocycles. The van der Waals surface area contributed by atoms with E-state index in [0.29, 0.717) is 23.7 Å². The number of rotatable bonds is 6. The normalized spacial score (nSPS) is 15.1. The minimum atomic E-state index is -0.382. The highest BCUT2D eigenvalue weighted by Gasteiger charge is 2.13. The average molecular weight is 279 g/mol. The Hall–Kier alpha value is -1.75. The van der Waals surface area contributed by atoms with Crippen LogP contribution in [0.1, 0.15) is 23.2 Å². The van der Waals surface area contributed by atoms with E-state index in [4.69, 9.17) is 9.47 Å². The van der Waals surface area contributed by atoms with Crippen LogP contribution in [-0.4, -0.2) is 51.3 Å². The molecule has 5 heteroatoms. The van der Waals surface area contributed by atoms with Crippen LogP contribution in [0.2, 0.25) is 0 Å². The Kier molecular flexibility index (Phi) is 5.24. The molecule has 0 spiro atoms. The number of esters is 1. The van der Waals surface area contributed by atoms with Gasteiger partial charge in [0.2, 0.25) is 0 Å². The molecule has 0 atom stereocenters. The van der Waals surface area contributed by atoms with Gasteiger partial charge in [0.15, 0.2) is 11.5 Å². The summed E-state index contributed by atoms with van der Waals surface area (Å²) >= 11 is 0. The zero-order valence-corrected chi connectivity index (χ0v) is 12.1. The van der Waals surface area contributed by atoms with E-state index in [2.05, 4.69) is 9.64 Å². The number of hydrogen-bond donors (Lipinski definition) is 0. The lowest BCUT2D eigenvalue weighted by Crippen LogP contribution is -2.25. The number of carbonyl (C=O) groups excluding carboxylic acids is 1. The van der Waals surface area contributed by atoms with Crippen molar-refractivity contribution >= 4 is 5.97 Å². The first kappa shape index (κ1) is 14.7. The van der Waals surface area contributed by atoms with Crippen molar-refractivity contribution < 1.29 is 19.0 Å². The fourth-order valence-corrected chi connectivity index (χ4v) is 2.32. The molecule has 20 heavy (non-hydrogen) atoms. The monoisotopic (exact) mass is 279 g/mol. The van der Waals surface area contributed by atoms with Gasteiger partial charge in [-0.3, -0.25) is 4.90 Å². The first-order chi connectivity index (χ1) is 9.74. The highest BCUT2D eigenvalue weighted by Crippen LogP contribution is 2.28. The summed E-state index contributed by atoms with van der Waals surface area (Å²) in [5, 5.41) is 0. The minimum absolute atomic E-state index is 0.382. The molecule has 1 aliphatic rings. The fraction of sp³-hybridized carbons (Fsp3) is 0.533. The van der Waals surface area contributed by atoms with E-state index in [-0.39, 0.29) is 5.97 Å². The van der Waals surface area contributed by atoms with Crippen LogP contribution in [-0.2, 0) is 4.74 Å². The molecule has 0 aliphatic carbocycles. The Balaban J connectivity index is 1.94. The maximum Gasteiger partial charge on any atom is 0.337 e. The maximum atomic E-state index is 11.5. The summed E-state index contributed by atoms with van der Waals surface area (Å²) in [5.74, 6) is 0.820. The van der Waals surface area contributed by atoms with Gasteiger partial charge in [0.05, 0.1) is 19.8 Å². The van der Waals surface area contributed by atoms with Gasteiger partial charge in [-0.1, -0.05) is 0 Å². The summed E-state index contributed by atoms with van der Waals surface area (Å²) in [5.41, 5.74) is 0.455. The molecular formula is C15H21NO4. The fourth-order valence-electron chi connectivity index (χ4n) is 2.32. The van der Waals surface area contributed by atoms with Crippen LogP contribution in [0.5, 0.6) is 11.5 Å². The molecule has 0 aromatic heterocycles. The first-order valence-electron chi connectivity index (χ1n) is 6.86. The predicted molar refractivity (Wildman–Crippen MR) is 75.5 cm³/mol. The van der Waals surface area contributed by atoms with E-state index in [9.17, 15) is 4.79 Å². The van der Waals surface area contributed by atoms with Gasteiger partial charge in [0.1, 0.15) is 6.61 Å². The van der Waals surface area contributed by atoms with E-state index < -0.39 is 0 Å². The van der Waals surface area contributed by atoms with Gasteiger partial charge in [0.25, 0.3) is 0 Å². The molecule has 0 unspecified atom stereocenters. The van der Waals surface area contributed by atoms with E-state index in [0.717, 1.165) is 19.6 Å². The summed E-state index contributed by atoms with van der Waals surface area (Å²) in [4.78, 5) is 13.8. The average Bonchev–Trinajstić information content (AvgIpc) is 3.00. The lowest BCUT2D eigenvalue weighted by atomic mass is 10.2. The molecular weight excluding hydrogens is 258 g/mol. The lowest BCUT2D eigenvalue weighted by Gasteiger charge is -2.16. The third-order valence-corrected chi connectivity index (χ3v) is 3.45. The quantitative estimate of drug-likeness (QED) is 0.745. The van der Waals surface area contributed by atoms with E-state index >= 15 is 0 Å². The SMILES string of the molecule is COC(=O)c1ccc(OCCN2CCCC2)c(OC)c1. The highest BCUT2D eigenvalue weighted by molar-refractivity contribution is 5.90. The molecule has 1 aromatic rings. The van der Waals surface area contributed by atoms with Crippen LogP contribution in [0.25, 0.3) is 0 Å². The van der Waals surface area contributed by atoms with Gasteiger partial charge in [-0.25, -0.2) is 4.79 Å². The van der Waals surface area contributed by atoms with Crippen molar-refractivity contribution in [3.05, 3.63) is 23.8 Å². The van der Waals surface area contributed by atoms with Gasteiger partial charge in [-0.2, -0.15) is 0 Å². The van der Waals surface area contributed by atoms with Crippen LogP contribution < -0.4 is 9.47 Å². The smallest absolute Gasteiger partial charge is 0.337 e. The third kappa shape index (κ3) is 3.63. The number of likely N-dealkylation sites (tertiary alicyclic amines) is 1. The second-order valence-electron chi connectivity index (χ2n) is 4.75.